The summed E-state index contributed by atoms with van der Waals surface area (Å²) in [5, 5.41) is 20.5. The molecule has 0 spiro atoms. The number of aliphatic hydroxyl groups excluding tert-OH is 1. The Balaban J connectivity index is 1.87. The fourth-order valence-corrected chi connectivity index (χ4v) is 4.38. The SMILES string of the molecule is COc1ccc(C2/C(=C(/O)c3ccc(OC)c(Cl)c3)C(=O)C(=O)N2c2ccc(CC(=O)O)cc2)cc1. The number of aliphatic hydroxyl groups is 1. The maximum atomic E-state index is 13.3. The maximum absolute atomic E-state index is 13.3. The zero-order valence-electron chi connectivity index (χ0n) is 19.4. The first-order valence-electron chi connectivity index (χ1n) is 10.8. The van der Waals surface area contributed by atoms with Gasteiger partial charge in [0.05, 0.1) is 37.3 Å². The van der Waals surface area contributed by atoms with Gasteiger partial charge in [0.1, 0.15) is 17.3 Å². The first kappa shape index (κ1) is 24.8. The lowest BCUT2D eigenvalue weighted by Crippen LogP contribution is -2.29. The topological polar surface area (TPSA) is 113 Å². The third-order valence-corrected chi connectivity index (χ3v) is 6.17. The molecule has 2 N–H and O–H groups in total. The molecular formula is C27H22ClNO7. The summed E-state index contributed by atoms with van der Waals surface area (Å²) in [6.45, 7) is 0. The molecule has 1 unspecified atom stereocenters. The van der Waals surface area contributed by atoms with Gasteiger partial charge in [-0.05, 0) is 53.6 Å². The van der Waals surface area contributed by atoms with Gasteiger partial charge in [-0.25, -0.2) is 0 Å². The predicted octanol–water partition coefficient (Wildman–Crippen LogP) is 4.61. The highest BCUT2D eigenvalue weighted by Crippen LogP contribution is 2.43. The molecular weight excluding hydrogens is 486 g/mol. The molecule has 0 aromatic heterocycles. The van der Waals surface area contributed by atoms with Gasteiger partial charge in [-0.15, -0.1) is 0 Å². The Morgan fingerprint density at radius 1 is 0.944 bits per heavy atom. The van der Waals surface area contributed by atoms with Gasteiger partial charge in [-0.3, -0.25) is 19.3 Å². The number of nitrogens with zero attached hydrogens (tertiary/aromatic N) is 1. The molecule has 184 valence electrons. The molecule has 8 nitrogen and oxygen atoms in total. The van der Waals surface area contributed by atoms with Gasteiger partial charge < -0.3 is 19.7 Å². The number of rotatable bonds is 7. The Hall–Kier alpha value is -4.30. The van der Waals surface area contributed by atoms with E-state index in [1.165, 1.54) is 25.2 Å². The molecule has 0 bridgehead atoms. The van der Waals surface area contributed by atoms with Crippen LogP contribution >= 0.6 is 11.6 Å². The van der Waals surface area contributed by atoms with E-state index >= 15 is 0 Å². The van der Waals surface area contributed by atoms with Crippen molar-refractivity contribution >= 4 is 40.7 Å². The quantitative estimate of drug-likeness (QED) is 0.273. The van der Waals surface area contributed by atoms with E-state index in [1.54, 1.807) is 60.7 Å². The van der Waals surface area contributed by atoms with Gasteiger partial charge in [-0.2, -0.15) is 0 Å². The molecule has 1 amide bonds. The van der Waals surface area contributed by atoms with Crippen LogP contribution < -0.4 is 14.4 Å². The molecule has 1 aliphatic heterocycles. The number of amides is 1. The number of methoxy groups -OCH3 is 2. The lowest BCUT2D eigenvalue weighted by atomic mass is 9.95. The number of aliphatic carboxylic acids is 1. The normalized spacial score (nSPS) is 16.8. The number of carboxylic acids is 1. The minimum Gasteiger partial charge on any atom is -0.507 e. The van der Waals surface area contributed by atoms with Crippen LogP contribution in [0.25, 0.3) is 5.76 Å². The second kappa shape index (κ2) is 10.1. The fourth-order valence-electron chi connectivity index (χ4n) is 4.12. The lowest BCUT2D eigenvalue weighted by Gasteiger charge is -2.25. The van der Waals surface area contributed by atoms with Crippen LogP contribution in [0.4, 0.5) is 5.69 Å². The van der Waals surface area contributed by atoms with Crippen LogP contribution in [0.3, 0.4) is 0 Å². The third-order valence-electron chi connectivity index (χ3n) is 5.87. The number of ether oxygens (including phenoxy) is 2. The molecule has 0 aliphatic carbocycles. The number of anilines is 1. The first-order chi connectivity index (χ1) is 17.2. The highest BCUT2D eigenvalue weighted by molar-refractivity contribution is 6.51. The minimum absolute atomic E-state index is 0.110. The molecule has 1 heterocycles. The van der Waals surface area contributed by atoms with Gasteiger partial charge in [0.25, 0.3) is 11.7 Å². The van der Waals surface area contributed by atoms with Crippen molar-refractivity contribution in [1.29, 1.82) is 0 Å². The molecule has 0 radical (unpaired) electrons. The van der Waals surface area contributed by atoms with Gasteiger partial charge in [0.2, 0.25) is 0 Å². The lowest BCUT2D eigenvalue weighted by molar-refractivity contribution is -0.136. The zero-order valence-corrected chi connectivity index (χ0v) is 20.2. The van der Waals surface area contributed by atoms with E-state index in [2.05, 4.69) is 0 Å². The molecule has 3 aromatic rings. The third kappa shape index (κ3) is 4.63. The van der Waals surface area contributed by atoms with Crippen LogP contribution in [0.1, 0.15) is 22.7 Å². The monoisotopic (exact) mass is 507 g/mol. The van der Waals surface area contributed by atoms with Gasteiger partial charge in [0, 0.05) is 11.3 Å². The van der Waals surface area contributed by atoms with Crippen molar-refractivity contribution in [2.75, 3.05) is 19.1 Å². The number of Topliss-reactive ketones (excluding diaryl/α,β-unsaturated/α-hetero) is 1. The number of hydrogen-bond donors (Lipinski definition) is 2. The van der Waals surface area contributed by atoms with Crippen molar-refractivity contribution in [3.63, 3.8) is 0 Å². The highest BCUT2D eigenvalue weighted by Gasteiger charge is 2.47. The first-order valence-corrected chi connectivity index (χ1v) is 11.2. The average molecular weight is 508 g/mol. The number of benzene rings is 3. The second-order valence-corrected chi connectivity index (χ2v) is 8.44. The Labute approximate surface area is 211 Å². The smallest absolute Gasteiger partial charge is 0.307 e. The van der Waals surface area contributed by atoms with Gasteiger partial charge in [-0.1, -0.05) is 35.9 Å². The van der Waals surface area contributed by atoms with Crippen LogP contribution in [0.15, 0.2) is 72.3 Å². The molecule has 3 aromatic carbocycles. The molecule has 1 aliphatic rings. The molecule has 36 heavy (non-hydrogen) atoms. The predicted molar refractivity (Wildman–Crippen MR) is 134 cm³/mol. The van der Waals surface area contributed by atoms with Crippen LogP contribution in [0, 0.1) is 0 Å². The van der Waals surface area contributed by atoms with Crippen LogP contribution in [0.2, 0.25) is 5.02 Å². The summed E-state index contributed by atoms with van der Waals surface area (Å²) in [4.78, 5) is 38.8. The van der Waals surface area contributed by atoms with E-state index in [4.69, 9.17) is 26.2 Å². The Kier molecular flexibility index (Phi) is 6.98. The minimum atomic E-state index is -0.986. The van der Waals surface area contributed by atoms with Gasteiger partial charge >= 0.3 is 5.97 Å². The summed E-state index contributed by atoms with van der Waals surface area (Å²) in [6, 6.07) is 16.7. The molecule has 9 heteroatoms. The summed E-state index contributed by atoms with van der Waals surface area (Å²) in [6.07, 6.45) is -0.181. The van der Waals surface area contributed by atoms with Crippen molar-refractivity contribution in [2.24, 2.45) is 0 Å². The van der Waals surface area contributed by atoms with Gasteiger partial charge in [0.15, 0.2) is 0 Å². The molecule has 0 saturated carbocycles. The molecule has 4 rings (SSSR count). The van der Waals surface area contributed by atoms with E-state index < -0.39 is 23.7 Å². The van der Waals surface area contributed by atoms with E-state index in [-0.39, 0.29) is 28.3 Å². The number of carbonyl (C=O) groups is 3. The van der Waals surface area contributed by atoms with Crippen molar-refractivity contribution in [2.45, 2.75) is 12.5 Å². The standard InChI is InChI=1S/C27H22ClNO7/c1-35-19-10-5-16(6-11-19)24-23(25(32)17-7-12-21(36-2)20(28)14-17)26(33)27(34)29(24)18-8-3-15(4-9-18)13-22(30)31/h3-12,14,24,32H,13H2,1-2H3,(H,30,31)/b25-23-. The van der Waals surface area contributed by atoms with E-state index in [0.29, 0.717) is 28.3 Å². The largest absolute Gasteiger partial charge is 0.507 e. The highest BCUT2D eigenvalue weighted by atomic mass is 35.5. The molecule has 1 atom stereocenters. The Morgan fingerprint density at radius 3 is 2.17 bits per heavy atom. The second-order valence-electron chi connectivity index (χ2n) is 8.03. The average Bonchev–Trinajstić information content (AvgIpc) is 3.14. The zero-order chi connectivity index (χ0) is 26.0. The van der Waals surface area contributed by atoms with Crippen molar-refractivity contribution in [3.8, 4) is 11.5 Å². The Bertz CT molecular complexity index is 1360. The summed E-state index contributed by atoms with van der Waals surface area (Å²) in [7, 11) is 2.98. The van der Waals surface area contributed by atoms with Crippen LogP contribution in [0.5, 0.6) is 11.5 Å². The number of halogens is 1. The van der Waals surface area contributed by atoms with Crippen molar-refractivity contribution in [3.05, 3.63) is 94.0 Å². The summed E-state index contributed by atoms with van der Waals surface area (Å²) >= 11 is 6.23. The van der Waals surface area contributed by atoms with E-state index in [1.807, 2.05) is 0 Å². The van der Waals surface area contributed by atoms with Crippen molar-refractivity contribution < 1.29 is 34.1 Å². The van der Waals surface area contributed by atoms with Crippen LogP contribution in [-0.2, 0) is 20.8 Å². The summed E-state index contributed by atoms with van der Waals surface area (Å²) in [5.41, 5.74) is 1.61. The number of carboxylic acid groups (broad SMARTS) is 1. The number of carbonyl (C=O) groups excluding carboxylic acids is 2. The fraction of sp³-hybridized carbons (Fsp3) is 0.148. The summed E-state index contributed by atoms with van der Waals surface area (Å²) in [5.74, 6) is -2.10. The van der Waals surface area contributed by atoms with E-state index in [9.17, 15) is 19.5 Å². The van der Waals surface area contributed by atoms with Crippen LogP contribution in [-0.4, -0.2) is 42.1 Å². The molecule has 1 saturated heterocycles. The maximum Gasteiger partial charge on any atom is 0.307 e. The summed E-state index contributed by atoms with van der Waals surface area (Å²) < 4.78 is 10.4. The number of hydrogen-bond acceptors (Lipinski definition) is 6. The van der Waals surface area contributed by atoms with Crippen molar-refractivity contribution in [1.82, 2.24) is 0 Å². The molecule has 1 fully saturated rings. The van der Waals surface area contributed by atoms with E-state index in [0.717, 1.165) is 0 Å². The number of ketones is 1. The Morgan fingerprint density at radius 2 is 1.61 bits per heavy atom.